The van der Waals surface area contributed by atoms with Crippen LogP contribution in [0.3, 0.4) is 0 Å². The van der Waals surface area contributed by atoms with Crippen molar-refractivity contribution in [3.05, 3.63) is 21.3 Å². The van der Waals surface area contributed by atoms with Crippen molar-refractivity contribution in [1.29, 1.82) is 0 Å². The molecule has 0 aliphatic heterocycles. The summed E-state index contributed by atoms with van der Waals surface area (Å²) in [4.78, 5) is 6.34. The first-order valence-electron chi connectivity index (χ1n) is 6.52. The maximum absolute atomic E-state index is 9.27. The number of hydrogen-bond acceptors (Lipinski definition) is 3. The van der Waals surface area contributed by atoms with Gasteiger partial charge < -0.3 is 10.0 Å². The first-order valence-corrected chi connectivity index (χ1v) is 7.66. The van der Waals surface area contributed by atoms with Crippen molar-refractivity contribution in [3.63, 3.8) is 0 Å². The molecule has 1 aliphatic carbocycles. The number of halogens is 3. The number of hydrogen-bond donors (Lipinski definition) is 1. The van der Waals surface area contributed by atoms with E-state index < -0.39 is 0 Å². The fourth-order valence-electron chi connectivity index (χ4n) is 2.60. The van der Waals surface area contributed by atoms with E-state index in [1.54, 1.807) is 6.07 Å². The molecule has 1 aromatic rings. The summed E-state index contributed by atoms with van der Waals surface area (Å²) in [5.74, 6) is 0.622. The molecule has 1 saturated carbocycles. The highest BCUT2D eigenvalue weighted by Gasteiger charge is 2.24. The van der Waals surface area contributed by atoms with Gasteiger partial charge in [-0.25, -0.2) is 4.98 Å². The first kappa shape index (κ1) is 15.2. The monoisotopic (exact) mass is 322 g/mol. The zero-order valence-corrected chi connectivity index (χ0v) is 12.8. The smallest absolute Gasteiger partial charge is 0.150 e. The Labute approximate surface area is 128 Å². The van der Waals surface area contributed by atoms with Crippen molar-refractivity contribution in [1.82, 2.24) is 4.98 Å². The summed E-state index contributed by atoms with van der Waals surface area (Å²) in [6.45, 7) is 0.574. The third-order valence-electron chi connectivity index (χ3n) is 3.50. The Kier molecular flexibility index (Phi) is 5.58. The lowest BCUT2D eigenvalue weighted by molar-refractivity contribution is 0.289. The molecule has 1 aromatic heterocycles. The lowest BCUT2D eigenvalue weighted by Crippen LogP contribution is -2.39. The quantitative estimate of drug-likeness (QED) is 0.845. The van der Waals surface area contributed by atoms with Gasteiger partial charge in [-0.05, 0) is 18.9 Å². The molecule has 6 heteroatoms. The summed E-state index contributed by atoms with van der Waals surface area (Å²) in [6, 6.07) is 1.98. The van der Waals surface area contributed by atoms with Crippen molar-refractivity contribution in [2.24, 2.45) is 0 Å². The second-order valence-electron chi connectivity index (χ2n) is 4.78. The van der Waals surface area contributed by atoms with Crippen LogP contribution in [0.1, 0.15) is 32.1 Å². The molecule has 1 N–H and O–H groups in total. The largest absolute Gasteiger partial charge is 0.395 e. The number of nitrogens with zero attached hydrogens (tertiary/aromatic N) is 2. The highest BCUT2D eigenvalue weighted by atomic mass is 35.5. The second kappa shape index (κ2) is 6.98. The summed E-state index contributed by atoms with van der Waals surface area (Å²) in [5.41, 5.74) is 0. The molecule has 0 atom stereocenters. The van der Waals surface area contributed by atoms with Gasteiger partial charge >= 0.3 is 0 Å². The molecular weight excluding hydrogens is 307 g/mol. The Morgan fingerprint density at radius 3 is 2.47 bits per heavy atom. The van der Waals surface area contributed by atoms with Crippen molar-refractivity contribution in [3.8, 4) is 0 Å². The summed E-state index contributed by atoms with van der Waals surface area (Å²) in [6.07, 6.45) is 5.86. The average molecular weight is 324 g/mol. The van der Waals surface area contributed by atoms with Gasteiger partial charge in [-0.2, -0.15) is 0 Å². The molecule has 0 saturated heterocycles. The van der Waals surface area contributed by atoms with Gasteiger partial charge in [-0.3, -0.25) is 0 Å². The number of anilines is 1. The van der Waals surface area contributed by atoms with Crippen LogP contribution in [0.25, 0.3) is 0 Å². The van der Waals surface area contributed by atoms with Crippen LogP contribution >= 0.6 is 34.8 Å². The van der Waals surface area contributed by atoms with Crippen LogP contribution in [0, 0.1) is 0 Å². The predicted molar refractivity (Wildman–Crippen MR) is 80.6 cm³/mol. The molecule has 3 nitrogen and oxygen atoms in total. The third-order valence-corrected chi connectivity index (χ3v) is 4.45. The molecule has 0 spiro atoms. The van der Waals surface area contributed by atoms with E-state index in [9.17, 15) is 5.11 Å². The molecule has 0 amide bonds. The van der Waals surface area contributed by atoms with E-state index in [4.69, 9.17) is 34.8 Å². The topological polar surface area (TPSA) is 36.4 Å². The van der Waals surface area contributed by atoms with Crippen LogP contribution in [-0.2, 0) is 0 Å². The number of rotatable bonds is 4. The zero-order valence-electron chi connectivity index (χ0n) is 10.6. The third kappa shape index (κ3) is 3.66. The highest BCUT2D eigenvalue weighted by molar-refractivity contribution is 6.42. The normalized spacial score (nSPS) is 16.6. The molecule has 1 fully saturated rings. The Balaban J connectivity index is 2.29. The Hall–Kier alpha value is -0.220. The summed E-state index contributed by atoms with van der Waals surface area (Å²) >= 11 is 18.1. The van der Waals surface area contributed by atoms with Crippen LogP contribution in [0.2, 0.25) is 15.2 Å². The van der Waals surface area contributed by atoms with E-state index in [-0.39, 0.29) is 11.8 Å². The Morgan fingerprint density at radius 2 is 1.84 bits per heavy atom. The van der Waals surface area contributed by atoms with E-state index in [1.165, 1.54) is 19.3 Å². The van der Waals surface area contributed by atoms with Crippen molar-refractivity contribution in [2.75, 3.05) is 18.1 Å². The predicted octanol–water partition coefficient (Wildman–Crippen LogP) is 4.17. The van der Waals surface area contributed by atoms with Crippen LogP contribution in [0.4, 0.5) is 5.82 Å². The molecule has 106 valence electrons. The standard InChI is InChI=1S/C13H17Cl3N2O/c14-10-8-11(15)13(17-12(10)16)18(6-7-19)9-4-2-1-3-5-9/h8-9,19H,1-7H2. The van der Waals surface area contributed by atoms with E-state index in [2.05, 4.69) is 9.88 Å². The van der Waals surface area contributed by atoms with Gasteiger partial charge in [0.25, 0.3) is 0 Å². The maximum Gasteiger partial charge on any atom is 0.150 e. The van der Waals surface area contributed by atoms with Crippen LogP contribution < -0.4 is 4.90 Å². The summed E-state index contributed by atoms with van der Waals surface area (Å²) in [5, 5.41) is 10.4. The van der Waals surface area contributed by atoms with E-state index in [0.717, 1.165) is 12.8 Å². The lowest BCUT2D eigenvalue weighted by Gasteiger charge is -2.35. The SMILES string of the molecule is OCCN(c1nc(Cl)c(Cl)cc1Cl)C1CCCCC1. The summed E-state index contributed by atoms with van der Waals surface area (Å²) in [7, 11) is 0. The number of pyridine rings is 1. The molecule has 0 bridgehead atoms. The van der Waals surface area contributed by atoms with Gasteiger partial charge in [0.15, 0.2) is 0 Å². The van der Waals surface area contributed by atoms with Crippen molar-refractivity contribution in [2.45, 2.75) is 38.1 Å². The first-order chi connectivity index (χ1) is 9.13. The number of aromatic nitrogens is 1. The molecule has 1 aliphatic rings. The molecule has 0 aromatic carbocycles. The minimum atomic E-state index is 0.0642. The van der Waals surface area contributed by atoms with Crippen molar-refractivity contribution >= 4 is 40.6 Å². The van der Waals surface area contributed by atoms with Gasteiger partial charge in [-0.15, -0.1) is 0 Å². The van der Waals surface area contributed by atoms with E-state index in [0.29, 0.717) is 28.4 Å². The van der Waals surface area contributed by atoms with Gasteiger partial charge in [0.2, 0.25) is 0 Å². The van der Waals surface area contributed by atoms with Gasteiger partial charge in [0.05, 0.1) is 16.7 Å². The summed E-state index contributed by atoms with van der Waals surface area (Å²) < 4.78 is 0. The Bertz CT molecular complexity index is 436. The molecular formula is C13H17Cl3N2O. The Morgan fingerprint density at radius 1 is 1.16 bits per heavy atom. The van der Waals surface area contributed by atoms with E-state index in [1.807, 2.05) is 0 Å². The second-order valence-corrected chi connectivity index (χ2v) is 5.95. The zero-order chi connectivity index (χ0) is 13.8. The highest BCUT2D eigenvalue weighted by Crippen LogP contribution is 2.34. The number of aliphatic hydroxyl groups excluding tert-OH is 1. The van der Waals surface area contributed by atoms with Gasteiger partial charge in [-0.1, -0.05) is 54.1 Å². The minimum absolute atomic E-state index is 0.0642. The fraction of sp³-hybridized carbons (Fsp3) is 0.615. The van der Waals surface area contributed by atoms with Gasteiger partial charge in [0.1, 0.15) is 11.0 Å². The molecule has 19 heavy (non-hydrogen) atoms. The van der Waals surface area contributed by atoms with Gasteiger partial charge in [0, 0.05) is 12.6 Å². The van der Waals surface area contributed by atoms with Crippen molar-refractivity contribution < 1.29 is 5.11 Å². The average Bonchev–Trinajstić information content (AvgIpc) is 2.42. The molecule has 1 heterocycles. The molecule has 2 rings (SSSR count). The van der Waals surface area contributed by atoms with Crippen LogP contribution in [0.15, 0.2) is 6.07 Å². The minimum Gasteiger partial charge on any atom is -0.395 e. The van der Waals surface area contributed by atoms with E-state index >= 15 is 0 Å². The maximum atomic E-state index is 9.27. The molecule has 0 unspecified atom stereocenters. The van der Waals surface area contributed by atoms with Crippen LogP contribution in [0.5, 0.6) is 0 Å². The molecule has 0 radical (unpaired) electrons. The van der Waals surface area contributed by atoms with Crippen LogP contribution in [-0.4, -0.2) is 29.3 Å². The number of aliphatic hydroxyl groups is 1. The fourth-order valence-corrected chi connectivity index (χ4v) is 3.20. The lowest BCUT2D eigenvalue weighted by atomic mass is 9.94.